The number of hydrogen-bond acceptors (Lipinski definition) is 2. The summed E-state index contributed by atoms with van der Waals surface area (Å²) in [6, 6.07) is 6.47. The van der Waals surface area contributed by atoms with Gasteiger partial charge in [-0.2, -0.15) is 0 Å². The summed E-state index contributed by atoms with van der Waals surface area (Å²) in [5.41, 5.74) is -0.224. The first-order valence-corrected chi connectivity index (χ1v) is 5.27. The Morgan fingerprint density at radius 1 is 1.60 bits per heavy atom. The number of amides is 1. The topological polar surface area (TPSA) is 43.4 Å². The van der Waals surface area contributed by atoms with Gasteiger partial charge in [-0.1, -0.05) is 36.2 Å². The van der Waals surface area contributed by atoms with Gasteiger partial charge in [0.25, 0.3) is 0 Å². The second kappa shape index (κ2) is 5.24. The summed E-state index contributed by atoms with van der Waals surface area (Å²) < 4.78 is 0. The molecule has 1 unspecified atom stereocenters. The third-order valence-corrected chi connectivity index (χ3v) is 2.64. The van der Waals surface area contributed by atoms with Crippen LogP contribution in [0.25, 0.3) is 0 Å². The Kier molecular flexibility index (Phi) is 4.24. The number of nitrogens with zero attached hydrogens (tertiary/aromatic N) is 1. The monoisotopic (exact) mass is 246 g/mol. The molecule has 1 aromatic carbocycles. The number of anilines is 1. The fourth-order valence-electron chi connectivity index (χ4n) is 1.19. The van der Waals surface area contributed by atoms with E-state index in [-0.39, 0.29) is 0 Å². The first kappa shape index (κ1) is 12.1. The Hall–Kier alpha value is -0.930. The number of alkyl halides is 1. The number of carboxylic acid groups (broad SMARTS) is 1. The third kappa shape index (κ3) is 3.01. The molecule has 0 fully saturated rings. The highest BCUT2D eigenvalue weighted by Crippen LogP contribution is 2.23. The highest BCUT2D eigenvalue weighted by molar-refractivity contribution is 6.31. The average molecular weight is 247 g/mol. The van der Waals surface area contributed by atoms with Gasteiger partial charge in [-0.3, -0.25) is 0 Å². The summed E-state index contributed by atoms with van der Waals surface area (Å²) in [5, 5.41) is 11.4. The predicted octanol–water partition coefficient (Wildman–Crippen LogP) is 2.46. The van der Waals surface area contributed by atoms with Crippen molar-refractivity contribution in [2.24, 2.45) is 0 Å². The van der Waals surface area contributed by atoms with Gasteiger partial charge in [-0.15, -0.1) is 0 Å². The molecule has 15 heavy (non-hydrogen) atoms. The smallest absolute Gasteiger partial charge is 0.142 e. The largest absolute Gasteiger partial charge is 0.530 e. The fourth-order valence-corrected chi connectivity index (χ4v) is 1.57. The number of benzene rings is 1. The van der Waals surface area contributed by atoms with Crippen LogP contribution in [0.15, 0.2) is 24.3 Å². The first-order valence-electron chi connectivity index (χ1n) is 4.46. The van der Waals surface area contributed by atoms with Crippen LogP contribution in [0.5, 0.6) is 0 Å². The molecule has 0 aliphatic rings. The van der Waals surface area contributed by atoms with Gasteiger partial charge >= 0.3 is 0 Å². The van der Waals surface area contributed by atoms with Gasteiger partial charge in [0, 0.05) is 10.7 Å². The van der Waals surface area contributed by atoms with Gasteiger partial charge in [0.15, 0.2) is 0 Å². The summed E-state index contributed by atoms with van der Waals surface area (Å²) in [6.45, 7) is 1.79. The van der Waals surface area contributed by atoms with Gasteiger partial charge in [0.05, 0.1) is 0 Å². The third-order valence-electron chi connectivity index (χ3n) is 1.90. The van der Waals surface area contributed by atoms with Gasteiger partial charge in [-0.05, 0) is 24.6 Å². The van der Waals surface area contributed by atoms with Crippen LogP contribution in [0.3, 0.4) is 0 Å². The lowest BCUT2D eigenvalue weighted by atomic mass is 10.3. The van der Waals surface area contributed by atoms with Gasteiger partial charge < -0.3 is 14.8 Å². The van der Waals surface area contributed by atoms with Crippen molar-refractivity contribution in [3.8, 4) is 0 Å². The van der Waals surface area contributed by atoms with E-state index < -0.39 is 11.6 Å². The normalized spacial score (nSPS) is 12.2. The molecule has 0 aromatic heterocycles. The van der Waals surface area contributed by atoms with Crippen molar-refractivity contribution in [3.05, 3.63) is 29.3 Å². The summed E-state index contributed by atoms with van der Waals surface area (Å²) in [6.07, 6.45) is -0.846. The molecule has 3 nitrogen and oxygen atoms in total. The molecule has 0 N–H and O–H groups in total. The Balaban J connectivity index is 3.04. The number of hydrogen-bond donors (Lipinski definition) is 0. The Morgan fingerprint density at radius 2 is 2.27 bits per heavy atom. The molecule has 0 bridgehead atoms. The standard InChI is InChI=1S/C10H11Cl2NO2/c1-2-9(12)13(10(14)15)8-5-3-4-7(11)6-8/h3-6,9H,2H2,1H3,(H,14,15)/p-1. The number of halogens is 2. The maximum Gasteiger partial charge on any atom is 0.142 e. The molecule has 0 saturated heterocycles. The van der Waals surface area contributed by atoms with Crippen molar-refractivity contribution in [2.75, 3.05) is 4.90 Å². The van der Waals surface area contributed by atoms with E-state index in [1.165, 1.54) is 6.07 Å². The SMILES string of the molecule is CCC(Cl)N(C(=O)[O-])c1cccc(Cl)c1. The molecular weight excluding hydrogens is 237 g/mol. The van der Waals surface area contributed by atoms with Crippen LogP contribution in [0.1, 0.15) is 13.3 Å². The van der Waals surface area contributed by atoms with E-state index in [0.29, 0.717) is 17.1 Å². The van der Waals surface area contributed by atoms with Crippen molar-refractivity contribution in [1.82, 2.24) is 0 Å². The fraction of sp³-hybridized carbons (Fsp3) is 0.300. The molecule has 0 saturated carbocycles. The molecule has 0 spiro atoms. The van der Waals surface area contributed by atoms with Crippen molar-refractivity contribution < 1.29 is 9.90 Å². The van der Waals surface area contributed by atoms with Crippen LogP contribution in [-0.4, -0.2) is 11.6 Å². The molecule has 82 valence electrons. The van der Waals surface area contributed by atoms with Crippen LogP contribution in [0.4, 0.5) is 10.5 Å². The molecule has 0 aliphatic heterocycles. The lowest BCUT2D eigenvalue weighted by Crippen LogP contribution is -2.45. The lowest BCUT2D eigenvalue weighted by Gasteiger charge is -2.29. The molecule has 1 aromatic rings. The summed E-state index contributed by atoms with van der Waals surface area (Å²) in [4.78, 5) is 11.9. The quantitative estimate of drug-likeness (QED) is 0.608. The molecular formula is C10H10Cl2NO2-. The maximum atomic E-state index is 10.9. The number of carbonyl (C=O) groups excluding carboxylic acids is 1. The summed E-state index contributed by atoms with van der Waals surface area (Å²) in [7, 11) is 0. The van der Waals surface area contributed by atoms with Crippen molar-refractivity contribution >= 4 is 35.0 Å². The van der Waals surface area contributed by atoms with E-state index >= 15 is 0 Å². The Bertz CT molecular complexity index is 357. The molecule has 5 heteroatoms. The van der Waals surface area contributed by atoms with Crippen LogP contribution in [0.2, 0.25) is 5.02 Å². The van der Waals surface area contributed by atoms with E-state index in [9.17, 15) is 9.90 Å². The van der Waals surface area contributed by atoms with Gasteiger partial charge in [-0.25, -0.2) is 0 Å². The Labute approximate surface area is 98.2 Å². The maximum absolute atomic E-state index is 10.9. The van der Waals surface area contributed by atoms with Crippen molar-refractivity contribution in [2.45, 2.75) is 18.8 Å². The second-order valence-corrected chi connectivity index (χ2v) is 3.90. The molecule has 1 amide bonds. The zero-order valence-corrected chi connectivity index (χ0v) is 9.63. The molecule has 0 aliphatic carbocycles. The van der Waals surface area contributed by atoms with E-state index in [0.717, 1.165) is 4.90 Å². The van der Waals surface area contributed by atoms with Crippen LogP contribution in [0, 0.1) is 0 Å². The van der Waals surface area contributed by atoms with Crippen LogP contribution < -0.4 is 10.0 Å². The minimum atomic E-state index is -1.33. The molecule has 1 rings (SSSR count). The average Bonchev–Trinajstić information content (AvgIpc) is 2.17. The van der Waals surface area contributed by atoms with E-state index in [2.05, 4.69) is 0 Å². The zero-order chi connectivity index (χ0) is 11.4. The summed E-state index contributed by atoms with van der Waals surface area (Å²) in [5.74, 6) is 0. The minimum absolute atomic E-state index is 0.421. The molecule has 1 atom stereocenters. The van der Waals surface area contributed by atoms with E-state index in [1.807, 2.05) is 0 Å². The first-order chi connectivity index (χ1) is 7.06. The predicted molar refractivity (Wildman–Crippen MR) is 59.3 cm³/mol. The van der Waals surface area contributed by atoms with Crippen molar-refractivity contribution in [3.63, 3.8) is 0 Å². The zero-order valence-electron chi connectivity index (χ0n) is 8.11. The van der Waals surface area contributed by atoms with E-state index in [4.69, 9.17) is 23.2 Å². The van der Waals surface area contributed by atoms with Crippen molar-refractivity contribution in [1.29, 1.82) is 0 Å². The van der Waals surface area contributed by atoms with Crippen LogP contribution in [-0.2, 0) is 0 Å². The number of rotatable bonds is 3. The van der Waals surface area contributed by atoms with Gasteiger partial charge in [0.2, 0.25) is 0 Å². The highest BCUT2D eigenvalue weighted by Gasteiger charge is 2.15. The molecule has 0 radical (unpaired) electrons. The number of carbonyl (C=O) groups is 1. The van der Waals surface area contributed by atoms with Gasteiger partial charge in [0.1, 0.15) is 11.6 Å². The summed E-state index contributed by atoms with van der Waals surface area (Å²) >= 11 is 11.6. The molecule has 0 heterocycles. The minimum Gasteiger partial charge on any atom is -0.530 e. The highest BCUT2D eigenvalue weighted by atomic mass is 35.5. The van der Waals surface area contributed by atoms with Crippen LogP contribution >= 0.6 is 23.2 Å². The second-order valence-electron chi connectivity index (χ2n) is 2.96. The Morgan fingerprint density at radius 3 is 2.73 bits per heavy atom. The lowest BCUT2D eigenvalue weighted by molar-refractivity contribution is -0.246. The van der Waals surface area contributed by atoms with E-state index in [1.54, 1.807) is 25.1 Å².